The molecular weight excluding hydrogens is 651 g/mol. The van der Waals surface area contributed by atoms with Gasteiger partial charge >= 0.3 is 35.2 Å². The van der Waals surface area contributed by atoms with E-state index in [0.717, 1.165) is 10.8 Å². The Kier molecular flexibility index (Phi) is 8.21. The Bertz CT molecular complexity index is 1940. The smallest absolute Gasteiger partial charge is 1.00 e. The van der Waals surface area contributed by atoms with E-state index in [0.29, 0.717) is 16.4 Å². The number of nitrogens with one attached hydrogen (secondary N) is 2. The van der Waals surface area contributed by atoms with Gasteiger partial charge in [-0.2, -0.15) is 0 Å². The van der Waals surface area contributed by atoms with Crippen molar-refractivity contribution in [3.63, 3.8) is 0 Å². The van der Waals surface area contributed by atoms with Crippen molar-refractivity contribution in [2.75, 3.05) is 16.3 Å². The molecule has 0 saturated heterocycles. The fraction of sp³-hybridized carbons (Fsp3) is 0.240. The van der Waals surface area contributed by atoms with E-state index >= 15 is 0 Å². The number of rotatable bonds is 6. The predicted octanol–water partition coefficient (Wildman–Crippen LogP) is 0.470. The summed E-state index contributed by atoms with van der Waals surface area (Å²) in [4.78, 5) is 41.0. The summed E-state index contributed by atoms with van der Waals surface area (Å²) < 4.78 is 45.1. The van der Waals surface area contributed by atoms with Gasteiger partial charge in [-0.15, -0.1) is 0 Å². The number of aryl methyl sites for hydroxylation is 1. The summed E-state index contributed by atoms with van der Waals surface area (Å²) in [6.45, 7) is 1.51. The molecule has 0 bridgehead atoms. The molecule has 1 aliphatic rings. The van der Waals surface area contributed by atoms with E-state index in [2.05, 4.69) is 10.0 Å². The third kappa shape index (κ3) is 5.59. The number of hydrogen-bond donors (Lipinski definition) is 2. The molecule has 0 aliphatic heterocycles. The van der Waals surface area contributed by atoms with Crippen LogP contribution in [0.25, 0.3) is 16.6 Å². The number of anilines is 3. The molecule has 0 amide bonds. The molecule has 0 unspecified atom stereocenters. The summed E-state index contributed by atoms with van der Waals surface area (Å²) in [5.41, 5.74) is -1.03. The first-order valence-electron chi connectivity index (χ1n) is 11.6. The van der Waals surface area contributed by atoms with E-state index in [4.69, 9.17) is 0 Å². The van der Waals surface area contributed by atoms with E-state index in [1.165, 1.54) is 47.4 Å². The Morgan fingerprint density at radius 1 is 1.08 bits per heavy atom. The number of halogens is 2. The molecule has 0 radical (unpaired) electrons. The Hall–Kier alpha value is -2.46. The predicted molar refractivity (Wildman–Crippen MR) is 154 cm³/mol. The summed E-state index contributed by atoms with van der Waals surface area (Å²) in [6.07, 6.45) is 2.27. The van der Waals surface area contributed by atoms with Crippen molar-refractivity contribution in [1.29, 1.82) is 0 Å². The van der Waals surface area contributed by atoms with Crippen LogP contribution in [0, 0.1) is 16.3 Å². The first-order valence-corrected chi connectivity index (χ1v) is 14.6. The molecule has 39 heavy (non-hydrogen) atoms. The summed E-state index contributed by atoms with van der Waals surface area (Å²) in [6, 6.07) is 10.3. The molecule has 4 aromatic rings. The maximum atomic E-state index is 14.8. The molecule has 10 nitrogen and oxygen atoms in total. The van der Waals surface area contributed by atoms with Crippen molar-refractivity contribution < 1.29 is 43.8 Å². The van der Waals surface area contributed by atoms with Crippen LogP contribution in [0.15, 0.2) is 56.8 Å². The van der Waals surface area contributed by atoms with Gasteiger partial charge in [0.1, 0.15) is 17.0 Å². The zero-order valence-electron chi connectivity index (χ0n) is 22.6. The van der Waals surface area contributed by atoms with Crippen LogP contribution >= 0.6 is 22.6 Å². The Balaban J connectivity index is 0.00000220. The zero-order valence-corrected chi connectivity index (χ0v) is 26.6. The summed E-state index contributed by atoms with van der Waals surface area (Å²) in [7, 11) is -2.14. The van der Waals surface area contributed by atoms with E-state index in [1.54, 1.807) is 18.2 Å². The maximum absolute atomic E-state index is 14.8. The van der Waals surface area contributed by atoms with Crippen molar-refractivity contribution in [2.24, 2.45) is 7.05 Å². The van der Waals surface area contributed by atoms with Crippen molar-refractivity contribution in [1.82, 2.24) is 13.7 Å². The molecule has 14 heteroatoms. The van der Waals surface area contributed by atoms with Crippen molar-refractivity contribution in [3.8, 4) is 5.69 Å². The number of pyridine rings is 1. The molecule has 1 saturated carbocycles. The van der Waals surface area contributed by atoms with Gasteiger partial charge in [0.05, 0.1) is 28.8 Å². The molecular formula is C25H24FIN5NaO5S. The Morgan fingerprint density at radius 2 is 1.77 bits per heavy atom. The number of benzene rings is 2. The molecule has 2 heterocycles. The summed E-state index contributed by atoms with van der Waals surface area (Å²) in [5, 5.41) is 2.95. The number of fused-ring (bicyclic) bond motifs is 1. The number of nitrogens with zero attached hydrogens (tertiary/aromatic N) is 3. The average Bonchev–Trinajstić information content (AvgIpc) is 3.66. The summed E-state index contributed by atoms with van der Waals surface area (Å²) in [5.74, 6) is -0.539. The van der Waals surface area contributed by atoms with Crippen molar-refractivity contribution in [3.05, 3.63) is 88.6 Å². The third-order valence-corrected chi connectivity index (χ3v) is 7.62. The maximum Gasteiger partial charge on any atom is 1.00 e. The van der Waals surface area contributed by atoms with Crippen LogP contribution in [0.3, 0.4) is 0 Å². The van der Waals surface area contributed by atoms with Crippen molar-refractivity contribution in [2.45, 2.75) is 25.8 Å². The topological polar surface area (TPSA) is 124 Å². The van der Waals surface area contributed by atoms with Gasteiger partial charge in [-0.1, -0.05) is 6.07 Å². The van der Waals surface area contributed by atoms with E-state index in [-0.39, 0.29) is 76.4 Å². The fourth-order valence-corrected chi connectivity index (χ4v) is 5.50. The normalized spacial score (nSPS) is 13.3. The molecule has 0 spiro atoms. The minimum absolute atomic E-state index is 0. The average molecular weight is 675 g/mol. The van der Waals surface area contributed by atoms with Gasteiger partial charge in [0, 0.05) is 22.2 Å². The van der Waals surface area contributed by atoms with Crippen LogP contribution < -0.4 is 56.4 Å². The number of aromatic nitrogens is 3. The van der Waals surface area contributed by atoms with E-state index < -0.39 is 32.6 Å². The molecule has 1 aliphatic carbocycles. The molecule has 5 rings (SSSR count). The minimum atomic E-state index is -3.61. The summed E-state index contributed by atoms with van der Waals surface area (Å²) >= 11 is 1.98. The van der Waals surface area contributed by atoms with Gasteiger partial charge in [0.2, 0.25) is 10.0 Å². The molecule has 200 valence electrons. The van der Waals surface area contributed by atoms with Gasteiger partial charge in [-0.3, -0.25) is 28.0 Å². The van der Waals surface area contributed by atoms with Crippen molar-refractivity contribution >= 4 is 60.7 Å². The third-order valence-electron chi connectivity index (χ3n) is 6.35. The van der Waals surface area contributed by atoms with E-state index in [9.17, 15) is 27.2 Å². The first-order chi connectivity index (χ1) is 17.9. The number of sulfonamides is 1. The molecule has 2 aromatic carbocycles. The van der Waals surface area contributed by atoms with Gasteiger partial charge in [-0.05, 0) is 78.8 Å². The largest absolute Gasteiger partial charge is 1.00 e. The van der Waals surface area contributed by atoms with Gasteiger partial charge < -0.3 is 6.74 Å². The van der Waals surface area contributed by atoms with Crippen LogP contribution in [-0.4, -0.2) is 28.4 Å². The van der Waals surface area contributed by atoms with Crippen LogP contribution in [0.5, 0.6) is 0 Å². The second-order valence-corrected chi connectivity index (χ2v) is 12.3. The quantitative estimate of drug-likeness (QED) is 0.227. The first kappa shape index (κ1) is 29.5. The minimum Gasteiger partial charge on any atom is -1.00 e. The SMILES string of the molecule is Cc1c(=O)n(C)c(Nc2ccc(I)cc2F)c2c(=O)n(C3CC3)c(=O)n(-c3cccc(NS(C)(=O)=O)c3)c12.[H-].[Na+]. The molecule has 2 aromatic heterocycles. The molecule has 1 fully saturated rings. The standard InChI is InChI=1S/C25H23FIN5O5S.Na.H/c1-13-21-20(22(30(2)23(13)33)28-19-10-7-14(27)11-18(19)26)24(34)32(16-8-9-16)25(35)31(21)17-6-4-5-15(12-17)29-38(3,36)37;;/h4-7,10-12,16,28-29H,8-9H2,1-3H3;;/q;+1;-1. The van der Waals surface area contributed by atoms with Crippen LogP contribution in [0.1, 0.15) is 25.9 Å². The van der Waals surface area contributed by atoms with Gasteiger partial charge in [0.15, 0.2) is 0 Å². The Labute approximate surface area is 259 Å². The monoisotopic (exact) mass is 675 g/mol. The molecule has 2 N–H and O–H groups in total. The van der Waals surface area contributed by atoms with Crippen LogP contribution in [-0.2, 0) is 17.1 Å². The fourth-order valence-electron chi connectivity index (χ4n) is 4.50. The van der Waals surface area contributed by atoms with Gasteiger partial charge in [-0.25, -0.2) is 17.6 Å². The van der Waals surface area contributed by atoms with Crippen LogP contribution in [0.2, 0.25) is 0 Å². The van der Waals surface area contributed by atoms with E-state index in [1.807, 2.05) is 22.6 Å². The van der Waals surface area contributed by atoms with Gasteiger partial charge in [0.25, 0.3) is 11.1 Å². The molecule has 0 atom stereocenters. The Morgan fingerprint density at radius 3 is 2.38 bits per heavy atom. The van der Waals surface area contributed by atoms with Crippen LogP contribution in [0.4, 0.5) is 21.6 Å². The second kappa shape index (κ2) is 10.8. The second-order valence-electron chi connectivity index (χ2n) is 9.26. The number of hydrogen-bond acceptors (Lipinski definition) is 6. The zero-order chi connectivity index (χ0) is 27.5.